The van der Waals surface area contributed by atoms with Crippen molar-refractivity contribution >= 4 is 45.1 Å². The van der Waals surface area contributed by atoms with Crippen LogP contribution in [-0.2, 0) is 15.3 Å². The van der Waals surface area contributed by atoms with Gasteiger partial charge in [0, 0.05) is 5.75 Å². The predicted molar refractivity (Wildman–Crippen MR) is 114 cm³/mol. The van der Waals surface area contributed by atoms with Gasteiger partial charge in [0.05, 0.1) is 26.2 Å². The lowest BCUT2D eigenvalue weighted by molar-refractivity contribution is -0.130. The molecule has 0 saturated carbocycles. The van der Waals surface area contributed by atoms with E-state index in [1.807, 2.05) is 48.7 Å². The highest BCUT2D eigenvalue weighted by atomic mass is 32.2. The van der Waals surface area contributed by atoms with Gasteiger partial charge in [-0.15, -0.1) is 11.8 Å². The summed E-state index contributed by atoms with van der Waals surface area (Å²) < 4.78 is 11.0. The van der Waals surface area contributed by atoms with Crippen LogP contribution in [0.2, 0.25) is 0 Å². The van der Waals surface area contributed by atoms with Gasteiger partial charge in [0.15, 0.2) is 0 Å². The molecule has 2 aromatic carbocycles. The number of thioether (sulfide) groups is 2. The molecule has 2 rings (SSSR count). The zero-order valence-corrected chi connectivity index (χ0v) is 17.0. The number of nitrogens with zero attached hydrogens (tertiary/aromatic N) is 1. The maximum atomic E-state index is 11.5. The number of aliphatic imine (C=N–C) groups is 1. The Morgan fingerprint density at radius 1 is 1.15 bits per heavy atom. The molecule has 0 aliphatic carbocycles. The average Bonchev–Trinajstić information content (AvgIpc) is 2.70. The maximum absolute atomic E-state index is 11.5. The topological polar surface area (TPSA) is 68.1 Å². The van der Waals surface area contributed by atoms with Gasteiger partial charge in [0.1, 0.15) is 15.7 Å². The predicted octanol–water partition coefficient (Wildman–Crippen LogP) is 5.05. The van der Waals surface area contributed by atoms with Crippen molar-refractivity contribution in [2.45, 2.75) is 5.75 Å². The van der Waals surface area contributed by atoms with E-state index in [0.29, 0.717) is 11.3 Å². The Kier molecular flexibility index (Phi) is 8.29. The summed E-state index contributed by atoms with van der Waals surface area (Å²) >= 11 is 3.11. The number of benzene rings is 2. The van der Waals surface area contributed by atoms with E-state index in [1.165, 1.54) is 13.4 Å². The van der Waals surface area contributed by atoms with Gasteiger partial charge in [-0.1, -0.05) is 36.0 Å². The largest absolute Gasteiger partial charge is 0.503 e. The molecule has 0 saturated heterocycles. The molecule has 0 atom stereocenters. The lowest BCUT2D eigenvalue weighted by Crippen LogP contribution is -2.03. The minimum atomic E-state index is -1.02. The lowest BCUT2D eigenvalue weighted by Gasteiger charge is -2.10. The van der Waals surface area contributed by atoms with Gasteiger partial charge in [-0.2, -0.15) is 0 Å². The van der Waals surface area contributed by atoms with Crippen LogP contribution in [0.5, 0.6) is 5.75 Å². The maximum Gasteiger partial charge on any atom is 0.339 e. The first-order valence-corrected chi connectivity index (χ1v) is 10.2. The standard InChI is InChI=1S/C20H21NO4S2/c1-24-12-18(19(22)23)17-7-5-4-6-14(17)13-27-20(26-3)21-15-8-10-16(25-2)11-9-15/h4-12H,13H2,1-3H3,(H,22,23)/b18-12+,21-20+. The third-order valence-corrected chi connectivity index (χ3v) is 5.68. The van der Waals surface area contributed by atoms with Crippen LogP contribution in [0, 0.1) is 0 Å². The summed E-state index contributed by atoms with van der Waals surface area (Å²) in [5.41, 5.74) is 2.52. The highest BCUT2D eigenvalue weighted by molar-refractivity contribution is 8.38. The highest BCUT2D eigenvalue weighted by Gasteiger charge is 2.15. The number of hydrogen-bond acceptors (Lipinski definition) is 6. The zero-order valence-electron chi connectivity index (χ0n) is 15.3. The van der Waals surface area contributed by atoms with E-state index in [1.54, 1.807) is 36.7 Å². The van der Waals surface area contributed by atoms with E-state index >= 15 is 0 Å². The van der Waals surface area contributed by atoms with E-state index in [9.17, 15) is 9.90 Å². The SMILES string of the molecule is CO/C=C(/C(=O)O)c1ccccc1CS/C(=N/c1ccc(OC)cc1)SC. The fourth-order valence-electron chi connectivity index (χ4n) is 2.29. The van der Waals surface area contributed by atoms with Gasteiger partial charge in [-0.05, 0) is 41.6 Å². The molecule has 0 heterocycles. The molecule has 0 aromatic heterocycles. The first-order chi connectivity index (χ1) is 13.1. The third kappa shape index (κ3) is 6.08. The van der Waals surface area contributed by atoms with Crippen molar-refractivity contribution in [3.8, 4) is 5.75 Å². The van der Waals surface area contributed by atoms with E-state index in [-0.39, 0.29) is 5.57 Å². The molecule has 0 radical (unpaired) electrons. The second-order valence-corrected chi connectivity index (χ2v) is 7.32. The first kappa shape index (κ1) is 20.9. The molecule has 0 unspecified atom stereocenters. The number of methoxy groups -OCH3 is 2. The van der Waals surface area contributed by atoms with Crippen molar-refractivity contribution in [1.82, 2.24) is 0 Å². The Morgan fingerprint density at radius 3 is 2.44 bits per heavy atom. The van der Waals surface area contributed by atoms with Gasteiger partial charge >= 0.3 is 5.97 Å². The number of ether oxygens (including phenoxy) is 2. The van der Waals surface area contributed by atoms with Crippen molar-refractivity contribution in [3.05, 3.63) is 65.9 Å². The highest BCUT2D eigenvalue weighted by Crippen LogP contribution is 2.28. The van der Waals surface area contributed by atoms with Crippen molar-refractivity contribution in [2.24, 2.45) is 4.99 Å². The third-order valence-electron chi connectivity index (χ3n) is 3.59. The van der Waals surface area contributed by atoms with Crippen LogP contribution in [0.25, 0.3) is 5.57 Å². The van der Waals surface area contributed by atoms with Gasteiger partial charge < -0.3 is 14.6 Å². The van der Waals surface area contributed by atoms with Crippen LogP contribution >= 0.6 is 23.5 Å². The lowest BCUT2D eigenvalue weighted by atomic mass is 10.0. The molecule has 0 spiro atoms. The number of hydrogen-bond donors (Lipinski definition) is 1. The second-order valence-electron chi connectivity index (χ2n) is 5.30. The Morgan fingerprint density at radius 2 is 1.85 bits per heavy atom. The van der Waals surface area contributed by atoms with Crippen molar-refractivity contribution < 1.29 is 19.4 Å². The van der Waals surface area contributed by atoms with E-state index in [4.69, 9.17) is 9.47 Å². The van der Waals surface area contributed by atoms with Gasteiger partial charge in [-0.3, -0.25) is 0 Å². The number of carbonyl (C=O) groups is 1. The number of aliphatic carboxylic acids is 1. The molecule has 2 aromatic rings. The molecular weight excluding hydrogens is 382 g/mol. The fourth-order valence-corrected chi connectivity index (χ4v) is 3.84. The minimum Gasteiger partial charge on any atom is -0.503 e. The van der Waals surface area contributed by atoms with Gasteiger partial charge in [0.2, 0.25) is 0 Å². The van der Waals surface area contributed by atoms with Crippen molar-refractivity contribution in [2.75, 3.05) is 20.5 Å². The number of rotatable bonds is 7. The normalized spacial score (nSPS) is 12.0. The quantitative estimate of drug-likeness (QED) is 0.302. The summed E-state index contributed by atoms with van der Waals surface area (Å²) in [6.07, 6.45) is 3.22. The van der Waals surface area contributed by atoms with Gasteiger partial charge in [0.25, 0.3) is 0 Å². The molecular formula is C20H21NO4S2. The van der Waals surface area contributed by atoms with E-state index < -0.39 is 5.97 Å². The smallest absolute Gasteiger partial charge is 0.339 e. The molecule has 1 N–H and O–H groups in total. The average molecular weight is 404 g/mol. The Bertz CT molecular complexity index is 832. The minimum absolute atomic E-state index is 0.131. The molecule has 0 aliphatic rings. The van der Waals surface area contributed by atoms with Crippen LogP contribution in [0.4, 0.5) is 5.69 Å². The van der Waals surface area contributed by atoms with Gasteiger partial charge in [-0.25, -0.2) is 9.79 Å². The molecule has 0 fully saturated rings. The second kappa shape index (κ2) is 10.7. The summed E-state index contributed by atoms with van der Waals surface area (Å²) in [5.74, 6) is 0.360. The molecule has 7 heteroatoms. The van der Waals surface area contributed by atoms with Crippen LogP contribution in [0.3, 0.4) is 0 Å². The monoisotopic (exact) mass is 403 g/mol. The molecule has 5 nitrogen and oxygen atoms in total. The van der Waals surface area contributed by atoms with Crippen LogP contribution in [-0.4, -0.2) is 35.9 Å². The van der Waals surface area contributed by atoms with E-state index in [2.05, 4.69) is 4.99 Å². The first-order valence-electron chi connectivity index (χ1n) is 8.03. The Labute approximate surface area is 167 Å². The Balaban J connectivity index is 2.20. The van der Waals surface area contributed by atoms with E-state index in [0.717, 1.165) is 21.4 Å². The van der Waals surface area contributed by atoms with Crippen LogP contribution < -0.4 is 4.74 Å². The summed E-state index contributed by atoms with van der Waals surface area (Å²) in [6, 6.07) is 14.9. The van der Waals surface area contributed by atoms with Crippen molar-refractivity contribution in [1.29, 1.82) is 0 Å². The molecule has 0 amide bonds. The van der Waals surface area contributed by atoms with Crippen LogP contribution in [0.15, 0.2) is 59.8 Å². The summed E-state index contributed by atoms with van der Waals surface area (Å²) in [7, 11) is 3.07. The molecule has 142 valence electrons. The molecule has 0 bridgehead atoms. The van der Waals surface area contributed by atoms with Crippen molar-refractivity contribution in [3.63, 3.8) is 0 Å². The Hall–Kier alpha value is -2.38. The number of carboxylic acid groups (broad SMARTS) is 1. The summed E-state index contributed by atoms with van der Waals surface area (Å²) in [4.78, 5) is 16.2. The fraction of sp³-hybridized carbons (Fsp3) is 0.200. The van der Waals surface area contributed by atoms with Crippen LogP contribution in [0.1, 0.15) is 11.1 Å². The molecule has 27 heavy (non-hydrogen) atoms. The molecule has 0 aliphatic heterocycles. The summed E-state index contributed by atoms with van der Waals surface area (Å²) in [5, 5.41) is 9.45. The number of carboxylic acids is 1. The summed E-state index contributed by atoms with van der Waals surface area (Å²) in [6.45, 7) is 0. The zero-order chi connectivity index (χ0) is 19.6.